The van der Waals surface area contributed by atoms with E-state index in [0.29, 0.717) is 17.2 Å². The summed E-state index contributed by atoms with van der Waals surface area (Å²) in [5.41, 5.74) is 2.10. The normalized spacial score (nSPS) is 21.1. The number of halogens is 1. The number of nitrogens with zero attached hydrogens (tertiary/aromatic N) is 2. The van der Waals surface area contributed by atoms with Crippen molar-refractivity contribution < 1.29 is 0 Å². The zero-order chi connectivity index (χ0) is 12.4. The van der Waals surface area contributed by atoms with Crippen molar-refractivity contribution in [2.45, 2.75) is 39.3 Å². The van der Waals surface area contributed by atoms with E-state index in [1.165, 1.54) is 13.0 Å². The summed E-state index contributed by atoms with van der Waals surface area (Å²) in [4.78, 5) is 6.66. The molecule has 0 amide bonds. The van der Waals surface area contributed by atoms with Crippen molar-refractivity contribution in [2.24, 2.45) is 0 Å². The van der Waals surface area contributed by atoms with E-state index in [1.807, 2.05) is 13.1 Å². The minimum atomic E-state index is 0.528. The topological polar surface area (TPSA) is 28.2 Å². The fourth-order valence-corrected chi connectivity index (χ4v) is 2.35. The van der Waals surface area contributed by atoms with Gasteiger partial charge in [-0.25, -0.2) is 4.98 Å². The summed E-state index contributed by atoms with van der Waals surface area (Å²) >= 11 is 5.91. The highest BCUT2D eigenvalue weighted by Crippen LogP contribution is 2.20. The summed E-state index contributed by atoms with van der Waals surface area (Å²) in [6.45, 7) is 8.76. The highest BCUT2D eigenvalue weighted by molar-refractivity contribution is 6.30. The van der Waals surface area contributed by atoms with Crippen LogP contribution >= 0.6 is 11.6 Å². The van der Waals surface area contributed by atoms with Gasteiger partial charge >= 0.3 is 0 Å². The van der Waals surface area contributed by atoms with Crippen LogP contribution in [0.2, 0.25) is 5.15 Å². The smallest absolute Gasteiger partial charge is 0.132 e. The van der Waals surface area contributed by atoms with Gasteiger partial charge in [-0.1, -0.05) is 11.6 Å². The summed E-state index contributed by atoms with van der Waals surface area (Å²) < 4.78 is 0. The standard InChI is InChI=1S/C13H20ClN3/c1-9(2)17-5-4-11(8-17)16-12-6-10(3)13(14)15-7-12/h6-7,9,11,16H,4-5,8H2,1-3H3. The molecule has 2 heterocycles. The maximum atomic E-state index is 5.91. The molecule has 0 saturated carbocycles. The van der Waals surface area contributed by atoms with Gasteiger partial charge in [-0.2, -0.15) is 0 Å². The van der Waals surface area contributed by atoms with Gasteiger partial charge in [0.15, 0.2) is 0 Å². The van der Waals surface area contributed by atoms with Crippen LogP contribution in [0, 0.1) is 6.92 Å². The molecule has 1 N–H and O–H groups in total. The zero-order valence-corrected chi connectivity index (χ0v) is 11.5. The molecule has 2 rings (SSSR count). The Bertz CT molecular complexity index is 392. The van der Waals surface area contributed by atoms with Crippen LogP contribution in [0.1, 0.15) is 25.8 Å². The molecule has 1 saturated heterocycles. The van der Waals surface area contributed by atoms with Crippen molar-refractivity contribution in [1.82, 2.24) is 9.88 Å². The first-order valence-electron chi connectivity index (χ1n) is 6.19. The van der Waals surface area contributed by atoms with Gasteiger partial charge in [0, 0.05) is 25.2 Å². The highest BCUT2D eigenvalue weighted by Gasteiger charge is 2.23. The second-order valence-corrected chi connectivity index (χ2v) is 5.41. The van der Waals surface area contributed by atoms with E-state index in [4.69, 9.17) is 11.6 Å². The third-order valence-electron chi connectivity index (χ3n) is 3.34. The average molecular weight is 254 g/mol. The van der Waals surface area contributed by atoms with Crippen molar-refractivity contribution in [3.8, 4) is 0 Å². The molecule has 1 fully saturated rings. The van der Waals surface area contributed by atoms with Crippen molar-refractivity contribution in [1.29, 1.82) is 0 Å². The summed E-state index contributed by atoms with van der Waals surface area (Å²) in [6.07, 6.45) is 3.01. The molecule has 0 bridgehead atoms. The minimum Gasteiger partial charge on any atom is -0.380 e. The quantitative estimate of drug-likeness (QED) is 0.840. The Kier molecular flexibility index (Phi) is 3.89. The number of aryl methyl sites for hydroxylation is 1. The molecule has 94 valence electrons. The number of aromatic nitrogens is 1. The first-order chi connectivity index (χ1) is 8.06. The lowest BCUT2D eigenvalue weighted by Gasteiger charge is -2.20. The predicted octanol–water partition coefficient (Wildman–Crippen LogP) is 2.94. The Balaban J connectivity index is 1.96. The van der Waals surface area contributed by atoms with E-state index in [2.05, 4.69) is 35.1 Å². The van der Waals surface area contributed by atoms with Gasteiger partial charge in [-0.3, -0.25) is 4.90 Å². The number of rotatable bonds is 3. The molecule has 0 spiro atoms. The van der Waals surface area contributed by atoms with Crippen LogP contribution in [0.25, 0.3) is 0 Å². The first kappa shape index (κ1) is 12.7. The fraction of sp³-hybridized carbons (Fsp3) is 0.615. The molecule has 17 heavy (non-hydrogen) atoms. The predicted molar refractivity (Wildman–Crippen MR) is 72.7 cm³/mol. The SMILES string of the molecule is Cc1cc(NC2CCN(C(C)C)C2)cnc1Cl. The summed E-state index contributed by atoms with van der Waals surface area (Å²) in [5.74, 6) is 0. The van der Waals surface area contributed by atoms with Gasteiger partial charge in [-0.15, -0.1) is 0 Å². The summed E-state index contributed by atoms with van der Waals surface area (Å²) in [6, 6.07) is 3.22. The second kappa shape index (κ2) is 5.23. The lowest BCUT2D eigenvalue weighted by atomic mass is 10.2. The van der Waals surface area contributed by atoms with Crippen LogP contribution in [0.4, 0.5) is 5.69 Å². The lowest BCUT2D eigenvalue weighted by Crippen LogP contribution is -2.31. The van der Waals surface area contributed by atoms with Crippen LogP contribution in [-0.4, -0.2) is 35.1 Å². The number of hydrogen-bond acceptors (Lipinski definition) is 3. The molecule has 1 aromatic rings. The van der Waals surface area contributed by atoms with Gasteiger partial charge in [0.05, 0.1) is 11.9 Å². The van der Waals surface area contributed by atoms with Crippen LogP contribution in [-0.2, 0) is 0 Å². The summed E-state index contributed by atoms with van der Waals surface area (Å²) in [7, 11) is 0. The van der Waals surface area contributed by atoms with Crippen molar-refractivity contribution in [2.75, 3.05) is 18.4 Å². The second-order valence-electron chi connectivity index (χ2n) is 5.05. The molecule has 0 aliphatic carbocycles. The van der Waals surface area contributed by atoms with E-state index in [-0.39, 0.29) is 0 Å². The van der Waals surface area contributed by atoms with Crippen LogP contribution < -0.4 is 5.32 Å². The Labute approximate surface area is 108 Å². The molecule has 3 nitrogen and oxygen atoms in total. The van der Waals surface area contributed by atoms with Crippen molar-refractivity contribution >= 4 is 17.3 Å². The molecule has 1 aliphatic heterocycles. The molecule has 1 aliphatic rings. The molecular weight excluding hydrogens is 234 g/mol. The van der Waals surface area contributed by atoms with Crippen molar-refractivity contribution in [3.63, 3.8) is 0 Å². The average Bonchev–Trinajstić information content (AvgIpc) is 2.72. The Hall–Kier alpha value is -0.800. The van der Waals surface area contributed by atoms with Gasteiger partial charge < -0.3 is 5.32 Å². The zero-order valence-electron chi connectivity index (χ0n) is 10.7. The molecule has 0 radical (unpaired) electrons. The number of pyridine rings is 1. The third kappa shape index (κ3) is 3.11. The van der Waals surface area contributed by atoms with E-state index in [0.717, 1.165) is 17.8 Å². The van der Waals surface area contributed by atoms with Crippen LogP contribution in [0.15, 0.2) is 12.3 Å². The minimum absolute atomic E-state index is 0.528. The number of likely N-dealkylation sites (tertiary alicyclic amines) is 1. The molecule has 1 unspecified atom stereocenters. The summed E-state index contributed by atoms with van der Waals surface area (Å²) in [5, 5.41) is 4.12. The largest absolute Gasteiger partial charge is 0.380 e. The Morgan fingerprint density at radius 1 is 1.53 bits per heavy atom. The first-order valence-corrected chi connectivity index (χ1v) is 6.57. The number of hydrogen-bond donors (Lipinski definition) is 1. The molecule has 1 atom stereocenters. The highest BCUT2D eigenvalue weighted by atomic mass is 35.5. The number of nitrogens with one attached hydrogen (secondary N) is 1. The van der Waals surface area contributed by atoms with E-state index >= 15 is 0 Å². The van der Waals surface area contributed by atoms with E-state index in [1.54, 1.807) is 0 Å². The molecule has 0 aromatic carbocycles. The third-order valence-corrected chi connectivity index (χ3v) is 3.73. The van der Waals surface area contributed by atoms with Gasteiger partial charge in [0.25, 0.3) is 0 Å². The Morgan fingerprint density at radius 2 is 2.29 bits per heavy atom. The maximum absolute atomic E-state index is 5.91. The molecular formula is C13H20ClN3. The van der Waals surface area contributed by atoms with Gasteiger partial charge in [-0.05, 0) is 38.8 Å². The van der Waals surface area contributed by atoms with E-state index in [9.17, 15) is 0 Å². The lowest BCUT2D eigenvalue weighted by molar-refractivity contribution is 0.274. The monoisotopic (exact) mass is 253 g/mol. The molecule has 1 aromatic heterocycles. The van der Waals surface area contributed by atoms with Crippen LogP contribution in [0.3, 0.4) is 0 Å². The van der Waals surface area contributed by atoms with Gasteiger partial charge in [0.2, 0.25) is 0 Å². The van der Waals surface area contributed by atoms with E-state index < -0.39 is 0 Å². The molecule has 4 heteroatoms. The van der Waals surface area contributed by atoms with Crippen LogP contribution in [0.5, 0.6) is 0 Å². The number of anilines is 1. The fourth-order valence-electron chi connectivity index (χ4n) is 2.25. The van der Waals surface area contributed by atoms with Gasteiger partial charge in [0.1, 0.15) is 5.15 Å². The van der Waals surface area contributed by atoms with Crippen molar-refractivity contribution in [3.05, 3.63) is 23.0 Å². The maximum Gasteiger partial charge on any atom is 0.132 e. The Morgan fingerprint density at radius 3 is 2.88 bits per heavy atom.